The van der Waals surface area contributed by atoms with E-state index in [0.717, 1.165) is 36.3 Å². The van der Waals surface area contributed by atoms with Gasteiger partial charge in [-0.15, -0.1) is 0 Å². The fraction of sp³-hybridized carbons (Fsp3) is 0.500. The molecule has 0 bridgehead atoms. The third kappa shape index (κ3) is 9.49. The zero-order chi connectivity index (χ0) is 17.8. The predicted molar refractivity (Wildman–Crippen MR) is 93.5 cm³/mol. The number of nitrogens with zero attached hydrogens (tertiary/aromatic N) is 1. The van der Waals surface area contributed by atoms with Gasteiger partial charge < -0.3 is 25.2 Å². The fourth-order valence-corrected chi connectivity index (χ4v) is 2.50. The number of carboxylic acid groups (broad SMARTS) is 2. The topological polar surface area (TPSA) is 99.1 Å². The Hall–Kier alpha value is -1.64. The van der Waals surface area contributed by atoms with E-state index in [1.54, 1.807) is 0 Å². The van der Waals surface area contributed by atoms with E-state index in [0.29, 0.717) is 0 Å². The summed E-state index contributed by atoms with van der Waals surface area (Å²) in [6, 6.07) is 8.02. The molecule has 0 atom stereocenters. The molecule has 0 aromatic heterocycles. The van der Waals surface area contributed by atoms with Crippen molar-refractivity contribution in [3.05, 3.63) is 28.7 Å². The van der Waals surface area contributed by atoms with Crippen molar-refractivity contribution in [3.8, 4) is 5.75 Å². The van der Waals surface area contributed by atoms with Gasteiger partial charge in [0, 0.05) is 30.7 Å². The van der Waals surface area contributed by atoms with Crippen LogP contribution in [0.5, 0.6) is 5.75 Å². The van der Waals surface area contributed by atoms with Gasteiger partial charge in [-0.3, -0.25) is 0 Å². The lowest BCUT2D eigenvalue weighted by molar-refractivity contribution is -0.159. The van der Waals surface area contributed by atoms with E-state index in [4.69, 9.17) is 24.5 Å². The Kier molecular flexibility index (Phi) is 10.1. The van der Waals surface area contributed by atoms with Gasteiger partial charge in [0.05, 0.1) is 6.61 Å². The Morgan fingerprint density at radius 1 is 1.17 bits per heavy atom. The molecule has 0 unspecified atom stereocenters. The SMILES string of the molecule is Brc1cccc(OCCCCN2CCNCC2)c1.O=C(O)C(=O)O. The fourth-order valence-electron chi connectivity index (χ4n) is 2.12. The molecule has 1 aromatic carbocycles. The summed E-state index contributed by atoms with van der Waals surface area (Å²) in [4.78, 5) is 20.7. The van der Waals surface area contributed by atoms with Gasteiger partial charge in [0.1, 0.15) is 5.75 Å². The highest BCUT2D eigenvalue weighted by atomic mass is 79.9. The molecule has 3 N–H and O–H groups in total. The van der Waals surface area contributed by atoms with Gasteiger partial charge in [0.25, 0.3) is 0 Å². The van der Waals surface area contributed by atoms with Crippen LogP contribution in [0.15, 0.2) is 28.7 Å². The lowest BCUT2D eigenvalue weighted by Crippen LogP contribution is -2.43. The molecule has 0 spiro atoms. The number of aliphatic carboxylic acids is 2. The molecule has 0 saturated carbocycles. The molecule has 1 fully saturated rings. The van der Waals surface area contributed by atoms with Crippen LogP contribution in [0.1, 0.15) is 12.8 Å². The van der Waals surface area contributed by atoms with Gasteiger partial charge in [-0.1, -0.05) is 22.0 Å². The van der Waals surface area contributed by atoms with E-state index in [1.165, 1.54) is 26.1 Å². The van der Waals surface area contributed by atoms with Crippen LogP contribution in [0.4, 0.5) is 0 Å². The van der Waals surface area contributed by atoms with Crippen LogP contribution in [0.3, 0.4) is 0 Å². The van der Waals surface area contributed by atoms with Crippen molar-refractivity contribution in [2.45, 2.75) is 12.8 Å². The summed E-state index contributed by atoms with van der Waals surface area (Å²) in [5, 5.41) is 18.2. The Labute approximate surface area is 149 Å². The van der Waals surface area contributed by atoms with Crippen LogP contribution in [-0.4, -0.2) is 66.4 Å². The van der Waals surface area contributed by atoms with Crippen molar-refractivity contribution in [2.75, 3.05) is 39.3 Å². The third-order valence-corrected chi connectivity index (χ3v) is 3.82. The summed E-state index contributed by atoms with van der Waals surface area (Å²) in [6.07, 6.45) is 2.34. The van der Waals surface area contributed by atoms with Crippen molar-refractivity contribution >= 4 is 27.9 Å². The van der Waals surface area contributed by atoms with Gasteiger partial charge in [-0.2, -0.15) is 0 Å². The Bertz CT molecular complexity index is 509. The molecular formula is C16H23BrN2O5. The minimum Gasteiger partial charge on any atom is -0.494 e. The summed E-state index contributed by atoms with van der Waals surface area (Å²) in [5.74, 6) is -2.70. The molecule has 1 aliphatic rings. The molecule has 1 saturated heterocycles. The zero-order valence-corrected chi connectivity index (χ0v) is 15.0. The van der Waals surface area contributed by atoms with E-state index in [-0.39, 0.29) is 0 Å². The molecule has 2 rings (SSSR count). The predicted octanol–water partition coefficient (Wildman–Crippen LogP) is 1.67. The van der Waals surface area contributed by atoms with E-state index in [9.17, 15) is 0 Å². The normalized spacial score (nSPS) is 14.4. The minimum atomic E-state index is -1.82. The first kappa shape index (κ1) is 20.4. The van der Waals surface area contributed by atoms with Crippen LogP contribution < -0.4 is 10.1 Å². The first-order chi connectivity index (χ1) is 11.5. The number of hydrogen-bond acceptors (Lipinski definition) is 5. The molecule has 0 amide bonds. The smallest absolute Gasteiger partial charge is 0.414 e. The molecule has 0 radical (unpaired) electrons. The number of rotatable bonds is 6. The second-order valence-electron chi connectivity index (χ2n) is 5.21. The maximum Gasteiger partial charge on any atom is 0.414 e. The second-order valence-corrected chi connectivity index (χ2v) is 6.13. The largest absolute Gasteiger partial charge is 0.494 e. The van der Waals surface area contributed by atoms with Gasteiger partial charge in [-0.25, -0.2) is 9.59 Å². The molecule has 134 valence electrons. The zero-order valence-electron chi connectivity index (χ0n) is 13.4. The highest BCUT2D eigenvalue weighted by Gasteiger charge is 2.08. The second kappa shape index (κ2) is 11.8. The minimum absolute atomic E-state index is 0.808. The molecule has 7 nitrogen and oxygen atoms in total. The van der Waals surface area contributed by atoms with Gasteiger partial charge in [0.2, 0.25) is 0 Å². The number of carbonyl (C=O) groups is 2. The number of unbranched alkanes of at least 4 members (excludes halogenated alkanes) is 1. The number of piperazine rings is 1. The number of ether oxygens (including phenoxy) is 1. The maximum atomic E-state index is 9.10. The molecule has 24 heavy (non-hydrogen) atoms. The maximum absolute atomic E-state index is 9.10. The molecule has 0 aliphatic carbocycles. The van der Waals surface area contributed by atoms with Crippen LogP contribution in [0.2, 0.25) is 0 Å². The Morgan fingerprint density at radius 3 is 2.42 bits per heavy atom. The number of carboxylic acids is 2. The number of hydrogen-bond donors (Lipinski definition) is 3. The molecular weight excluding hydrogens is 380 g/mol. The number of nitrogens with one attached hydrogen (secondary N) is 1. The van der Waals surface area contributed by atoms with E-state index >= 15 is 0 Å². The van der Waals surface area contributed by atoms with Crippen molar-refractivity contribution in [3.63, 3.8) is 0 Å². The van der Waals surface area contributed by atoms with Gasteiger partial charge >= 0.3 is 11.9 Å². The Balaban J connectivity index is 0.000000413. The standard InChI is InChI=1S/C14H21BrN2O.C2H2O4/c15-13-4-3-5-14(12-13)18-11-2-1-8-17-9-6-16-7-10-17;3-1(4)2(5)6/h3-5,12,16H,1-2,6-11H2;(H,3,4)(H,5,6). The summed E-state index contributed by atoms with van der Waals surface area (Å²) in [6.45, 7) is 6.65. The van der Waals surface area contributed by atoms with E-state index < -0.39 is 11.9 Å². The summed E-state index contributed by atoms with van der Waals surface area (Å²) in [5.41, 5.74) is 0. The summed E-state index contributed by atoms with van der Waals surface area (Å²) < 4.78 is 6.79. The van der Waals surface area contributed by atoms with Crippen molar-refractivity contribution < 1.29 is 24.5 Å². The monoisotopic (exact) mass is 402 g/mol. The number of halogens is 1. The highest BCUT2D eigenvalue weighted by Crippen LogP contribution is 2.17. The third-order valence-electron chi connectivity index (χ3n) is 3.33. The van der Waals surface area contributed by atoms with Gasteiger partial charge in [0.15, 0.2) is 0 Å². The average molecular weight is 403 g/mol. The molecule has 1 aliphatic heterocycles. The first-order valence-electron chi connectivity index (χ1n) is 7.76. The van der Waals surface area contributed by atoms with Crippen molar-refractivity contribution in [1.29, 1.82) is 0 Å². The van der Waals surface area contributed by atoms with Crippen molar-refractivity contribution in [1.82, 2.24) is 10.2 Å². The lowest BCUT2D eigenvalue weighted by Gasteiger charge is -2.26. The van der Waals surface area contributed by atoms with Crippen LogP contribution in [0.25, 0.3) is 0 Å². The number of benzene rings is 1. The van der Waals surface area contributed by atoms with Crippen molar-refractivity contribution in [2.24, 2.45) is 0 Å². The van der Waals surface area contributed by atoms with E-state index in [2.05, 4.69) is 26.1 Å². The van der Waals surface area contributed by atoms with Gasteiger partial charge in [-0.05, 0) is 37.6 Å². The summed E-state index contributed by atoms with van der Waals surface area (Å²) in [7, 11) is 0. The Morgan fingerprint density at radius 2 is 1.83 bits per heavy atom. The molecule has 1 heterocycles. The highest BCUT2D eigenvalue weighted by molar-refractivity contribution is 9.10. The first-order valence-corrected chi connectivity index (χ1v) is 8.56. The van der Waals surface area contributed by atoms with E-state index in [1.807, 2.05) is 24.3 Å². The van der Waals surface area contributed by atoms with Crippen LogP contribution in [0, 0.1) is 0 Å². The average Bonchev–Trinajstić information content (AvgIpc) is 2.56. The molecule has 8 heteroatoms. The van der Waals surface area contributed by atoms with Crippen LogP contribution >= 0.6 is 15.9 Å². The lowest BCUT2D eigenvalue weighted by atomic mass is 10.2. The summed E-state index contributed by atoms with van der Waals surface area (Å²) >= 11 is 3.44. The molecule has 1 aromatic rings. The quantitative estimate of drug-likeness (QED) is 0.491. The van der Waals surface area contributed by atoms with Crippen LogP contribution in [-0.2, 0) is 9.59 Å².